The van der Waals surface area contributed by atoms with Gasteiger partial charge in [-0.1, -0.05) is 17.7 Å². The molecule has 0 aliphatic carbocycles. The van der Waals surface area contributed by atoms with Gasteiger partial charge in [0.15, 0.2) is 0 Å². The van der Waals surface area contributed by atoms with Crippen molar-refractivity contribution in [1.29, 1.82) is 0 Å². The number of nitrogens with one attached hydrogen (secondary N) is 1. The van der Waals surface area contributed by atoms with Crippen molar-refractivity contribution in [1.82, 2.24) is 0 Å². The lowest BCUT2D eigenvalue weighted by molar-refractivity contribution is -0.384. The Labute approximate surface area is 127 Å². The second-order valence-corrected chi connectivity index (χ2v) is 5.00. The Bertz CT molecular complexity index is 674. The van der Waals surface area contributed by atoms with Gasteiger partial charge in [0.25, 0.3) is 5.69 Å². The molecule has 0 fully saturated rings. The van der Waals surface area contributed by atoms with E-state index in [1.165, 1.54) is 12.1 Å². The zero-order valence-electron chi connectivity index (χ0n) is 11.7. The normalized spacial score (nSPS) is 10.2. The smallest absolute Gasteiger partial charge is 0.271 e. The second-order valence-electron chi connectivity index (χ2n) is 4.59. The van der Waals surface area contributed by atoms with Gasteiger partial charge in [-0.05, 0) is 30.7 Å². The van der Waals surface area contributed by atoms with Gasteiger partial charge in [-0.25, -0.2) is 0 Å². The average molecular weight is 307 g/mol. The number of hydrogen-bond donors (Lipinski definition) is 1. The summed E-state index contributed by atoms with van der Waals surface area (Å²) >= 11 is 6.16. The second kappa shape index (κ2) is 6.45. The van der Waals surface area contributed by atoms with Gasteiger partial charge in [0.1, 0.15) is 5.75 Å². The van der Waals surface area contributed by atoms with Crippen LogP contribution in [0.2, 0.25) is 5.02 Å². The Balaban J connectivity index is 2.23. The Hall–Kier alpha value is -2.27. The van der Waals surface area contributed by atoms with Crippen molar-refractivity contribution < 1.29 is 9.66 Å². The maximum Gasteiger partial charge on any atom is 0.271 e. The topological polar surface area (TPSA) is 64.4 Å². The predicted molar refractivity (Wildman–Crippen MR) is 83.2 cm³/mol. The molecule has 0 bridgehead atoms. The summed E-state index contributed by atoms with van der Waals surface area (Å²) in [6.07, 6.45) is 0. The zero-order valence-corrected chi connectivity index (χ0v) is 12.5. The quantitative estimate of drug-likeness (QED) is 0.665. The minimum atomic E-state index is -0.408. The highest BCUT2D eigenvalue weighted by atomic mass is 35.5. The number of ether oxygens (including phenoxy) is 1. The number of benzene rings is 2. The van der Waals surface area contributed by atoms with Crippen LogP contribution < -0.4 is 10.1 Å². The van der Waals surface area contributed by atoms with Crippen LogP contribution in [0.4, 0.5) is 11.4 Å². The largest absolute Gasteiger partial charge is 0.496 e. The van der Waals surface area contributed by atoms with Crippen molar-refractivity contribution in [2.75, 3.05) is 12.4 Å². The number of anilines is 1. The third-order valence-corrected chi connectivity index (χ3v) is 3.39. The van der Waals surface area contributed by atoms with E-state index in [0.717, 1.165) is 11.1 Å². The molecule has 0 saturated carbocycles. The Morgan fingerprint density at radius 1 is 1.33 bits per heavy atom. The molecule has 1 N–H and O–H groups in total. The van der Waals surface area contributed by atoms with E-state index in [9.17, 15) is 10.1 Å². The summed E-state index contributed by atoms with van der Waals surface area (Å²) in [6, 6.07) is 10.3. The zero-order chi connectivity index (χ0) is 15.4. The molecule has 0 atom stereocenters. The highest BCUT2D eigenvalue weighted by Gasteiger charge is 2.10. The lowest BCUT2D eigenvalue weighted by Gasteiger charge is -2.12. The monoisotopic (exact) mass is 306 g/mol. The first-order valence-electron chi connectivity index (χ1n) is 6.32. The van der Waals surface area contributed by atoms with Crippen LogP contribution in [0.15, 0.2) is 36.4 Å². The van der Waals surface area contributed by atoms with E-state index >= 15 is 0 Å². The summed E-state index contributed by atoms with van der Waals surface area (Å²) in [5.74, 6) is 0.678. The van der Waals surface area contributed by atoms with Crippen LogP contribution in [0.5, 0.6) is 5.75 Å². The molecule has 0 aliphatic rings. The third-order valence-electron chi connectivity index (χ3n) is 3.04. The standard InChI is InChI=1S/C15H15ClN2O3/c1-10-6-11(8-12(7-10)18(19)20)17-9-13-14(16)4-3-5-15(13)21-2/h3-8,17H,9H2,1-2H3. The first-order valence-corrected chi connectivity index (χ1v) is 6.70. The van der Waals surface area contributed by atoms with Crippen LogP contribution in [0, 0.1) is 17.0 Å². The maximum absolute atomic E-state index is 10.9. The number of non-ortho nitro benzene ring substituents is 1. The van der Waals surface area contributed by atoms with E-state index in [1.54, 1.807) is 13.2 Å². The van der Waals surface area contributed by atoms with Crippen LogP contribution in [-0.2, 0) is 6.54 Å². The fraction of sp³-hybridized carbons (Fsp3) is 0.200. The molecular weight excluding hydrogens is 292 g/mol. The SMILES string of the molecule is COc1cccc(Cl)c1CNc1cc(C)cc([N+](=O)[O-])c1. The van der Waals surface area contributed by atoms with E-state index in [2.05, 4.69) is 5.32 Å². The Morgan fingerprint density at radius 3 is 2.76 bits per heavy atom. The van der Waals surface area contributed by atoms with Crippen molar-refractivity contribution >= 4 is 23.0 Å². The molecule has 0 saturated heterocycles. The number of nitro groups is 1. The Kier molecular flexibility index (Phi) is 4.65. The summed E-state index contributed by atoms with van der Waals surface area (Å²) in [7, 11) is 1.58. The van der Waals surface area contributed by atoms with E-state index in [1.807, 2.05) is 25.1 Å². The van der Waals surface area contributed by atoms with Gasteiger partial charge in [-0.15, -0.1) is 0 Å². The van der Waals surface area contributed by atoms with Crippen LogP contribution in [0.3, 0.4) is 0 Å². The molecular formula is C15H15ClN2O3. The minimum absolute atomic E-state index is 0.0589. The van der Waals surface area contributed by atoms with Gasteiger partial charge in [0.2, 0.25) is 0 Å². The first kappa shape index (κ1) is 15.1. The molecule has 2 rings (SSSR count). The van der Waals surface area contributed by atoms with Gasteiger partial charge in [-0.3, -0.25) is 10.1 Å². The highest BCUT2D eigenvalue weighted by Crippen LogP contribution is 2.28. The van der Waals surface area contributed by atoms with E-state index in [0.29, 0.717) is 23.0 Å². The van der Waals surface area contributed by atoms with Crippen molar-refractivity contribution in [3.8, 4) is 5.75 Å². The summed E-state index contributed by atoms with van der Waals surface area (Å²) in [5, 5.41) is 14.6. The molecule has 110 valence electrons. The van der Waals surface area contributed by atoms with Gasteiger partial charge >= 0.3 is 0 Å². The molecule has 0 aromatic heterocycles. The van der Waals surface area contributed by atoms with Crippen LogP contribution in [0.25, 0.3) is 0 Å². The number of rotatable bonds is 5. The fourth-order valence-electron chi connectivity index (χ4n) is 2.06. The summed E-state index contributed by atoms with van der Waals surface area (Å²) < 4.78 is 5.27. The molecule has 2 aromatic rings. The predicted octanol–water partition coefficient (Wildman–Crippen LogP) is 4.18. The van der Waals surface area contributed by atoms with Crippen LogP contribution in [0.1, 0.15) is 11.1 Å². The molecule has 0 radical (unpaired) electrons. The van der Waals surface area contributed by atoms with Crippen LogP contribution >= 0.6 is 11.6 Å². The van der Waals surface area contributed by atoms with E-state index in [-0.39, 0.29) is 5.69 Å². The van der Waals surface area contributed by atoms with Crippen molar-refractivity contribution in [2.24, 2.45) is 0 Å². The third kappa shape index (κ3) is 3.64. The molecule has 0 unspecified atom stereocenters. The molecule has 6 heteroatoms. The fourth-order valence-corrected chi connectivity index (χ4v) is 2.30. The lowest BCUT2D eigenvalue weighted by atomic mass is 10.1. The van der Waals surface area contributed by atoms with Gasteiger partial charge < -0.3 is 10.1 Å². The molecule has 5 nitrogen and oxygen atoms in total. The lowest BCUT2D eigenvalue weighted by Crippen LogP contribution is -2.03. The summed E-state index contributed by atoms with van der Waals surface area (Å²) in [4.78, 5) is 10.5. The molecule has 0 spiro atoms. The summed E-state index contributed by atoms with van der Waals surface area (Å²) in [5.41, 5.74) is 2.36. The number of methoxy groups -OCH3 is 1. The maximum atomic E-state index is 10.9. The summed E-state index contributed by atoms with van der Waals surface area (Å²) in [6.45, 7) is 2.23. The van der Waals surface area contributed by atoms with Crippen molar-refractivity contribution in [2.45, 2.75) is 13.5 Å². The first-order chi connectivity index (χ1) is 10.0. The average Bonchev–Trinajstić information content (AvgIpc) is 2.45. The molecule has 21 heavy (non-hydrogen) atoms. The van der Waals surface area contributed by atoms with Gasteiger partial charge in [0.05, 0.1) is 12.0 Å². The Morgan fingerprint density at radius 2 is 2.10 bits per heavy atom. The number of aryl methyl sites for hydroxylation is 1. The van der Waals surface area contributed by atoms with Crippen molar-refractivity contribution in [3.63, 3.8) is 0 Å². The molecule has 0 aliphatic heterocycles. The highest BCUT2D eigenvalue weighted by molar-refractivity contribution is 6.31. The van der Waals surface area contributed by atoms with E-state index in [4.69, 9.17) is 16.3 Å². The van der Waals surface area contributed by atoms with Gasteiger partial charge in [0, 0.05) is 35.0 Å². The van der Waals surface area contributed by atoms with Crippen LogP contribution in [-0.4, -0.2) is 12.0 Å². The molecule has 2 aromatic carbocycles. The molecule has 0 amide bonds. The van der Waals surface area contributed by atoms with Gasteiger partial charge in [-0.2, -0.15) is 0 Å². The molecule has 0 heterocycles. The number of nitrogens with zero attached hydrogens (tertiary/aromatic N) is 1. The minimum Gasteiger partial charge on any atom is -0.496 e. The number of hydrogen-bond acceptors (Lipinski definition) is 4. The number of nitro benzene ring substituents is 1. The van der Waals surface area contributed by atoms with Crippen molar-refractivity contribution in [3.05, 3.63) is 62.7 Å². The number of halogens is 1. The van der Waals surface area contributed by atoms with E-state index < -0.39 is 4.92 Å².